The lowest BCUT2D eigenvalue weighted by atomic mass is 10.2. The number of carbonyl (C=O) groups is 1. The van der Waals surface area contributed by atoms with Crippen molar-refractivity contribution in [1.82, 2.24) is 14.8 Å². The van der Waals surface area contributed by atoms with Crippen LogP contribution in [0.3, 0.4) is 0 Å². The van der Waals surface area contributed by atoms with Gasteiger partial charge in [-0.15, -0.1) is 11.3 Å². The monoisotopic (exact) mass is 438 g/mol. The van der Waals surface area contributed by atoms with Crippen molar-refractivity contribution in [3.8, 4) is 5.75 Å². The quantitative estimate of drug-likeness (QED) is 0.431. The maximum absolute atomic E-state index is 12.6. The van der Waals surface area contributed by atoms with Crippen molar-refractivity contribution in [2.45, 2.75) is 20.1 Å². The second-order valence-electron chi connectivity index (χ2n) is 6.68. The first kappa shape index (κ1) is 20.1. The van der Waals surface area contributed by atoms with Gasteiger partial charge in [-0.3, -0.25) is 4.79 Å². The summed E-state index contributed by atoms with van der Waals surface area (Å²) in [5.74, 6) is 1.08. The molecular weight excluding hydrogens is 420 g/mol. The summed E-state index contributed by atoms with van der Waals surface area (Å²) in [4.78, 5) is 17.0. The van der Waals surface area contributed by atoms with Crippen molar-refractivity contribution in [2.24, 2.45) is 0 Å². The molecule has 2 heterocycles. The molecule has 2 aromatic heterocycles. The minimum atomic E-state index is -0.286. The molecule has 152 valence electrons. The number of hydrogen-bond acceptors (Lipinski definition) is 5. The molecule has 2 aromatic carbocycles. The first-order valence-electron chi connectivity index (χ1n) is 9.28. The van der Waals surface area contributed by atoms with Crippen LogP contribution in [0.5, 0.6) is 5.75 Å². The molecular formula is C22H19ClN4O2S. The van der Waals surface area contributed by atoms with E-state index in [0.29, 0.717) is 29.7 Å². The predicted molar refractivity (Wildman–Crippen MR) is 118 cm³/mol. The molecule has 0 unspecified atom stereocenters. The fourth-order valence-corrected chi connectivity index (χ4v) is 3.58. The molecule has 4 rings (SSSR count). The van der Waals surface area contributed by atoms with E-state index < -0.39 is 0 Å². The number of nitrogens with zero attached hydrogens (tertiary/aromatic N) is 3. The second-order valence-corrected chi connectivity index (χ2v) is 8.06. The number of thiazole rings is 1. The maximum Gasteiger partial charge on any atom is 0.276 e. The molecule has 0 atom stereocenters. The minimum absolute atomic E-state index is 0.286. The Morgan fingerprint density at radius 2 is 1.90 bits per heavy atom. The number of nitrogens with one attached hydrogen (secondary N) is 1. The molecule has 0 aliphatic carbocycles. The highest BCUT2D eigenvalue weighted by Crippen LogP contribution is 2.18. The van der Waals surface area contributed by atoms with Crippen LogP contribution in [0.4, 0.5) is 5.82 Å². The van der Waals surface area contributed by atoms with E-state index in [0.717, 1.165) is 16.3 Å². The van der Waals surface area contributed by atoms with E-state index >= 15 is 0 Å². The third-order valence-electron chi connectivity index (χ3n) is 4.37. The summed E-state index contributed by atoms with van der Waals surface area (Å²) < 4.78 is 7.45. The van der Waals surface area contributed by atoms with Crippen LogP contribution in [-0.4, -0.2) is 20.7 Å². The number of amides is 1. The fraction of sp³-hybridized carbons (Fsp3) is 0.136. The number of aryl methyl sites for hydroxylation is 1. The van der Waals surface area contributed by atoms with Gasteiger partial charge < -0.3 is 10.1 Å². The third-order valence-corrected chi connectivity index (χ3v) is 5.45. The van der Waals surface area contributed by atoms with Crippen LogP contribution >= 0.6 is 22.9 Å². The van der Waals surface area contributed by atoms with Crippen molar-refractivity contribution in [1.29, 1.82) is 0 Å². The number of carbonyl (C=O) groups excluding carboxylic acids is 1. The molecule has 30 heavy (non-hydrogen) atoms. The summed E-state index contributed by atoms with van der Waals surface area (Å²) in [6, 6.07) is 17.1. The number of anilines is 1. The van der Waals surface area contributed by atoms with Gasteiger partial charge >= 0.3 is 0 Å². The molecule has 4 aromatic rings. The number of ether oxygens (including phenoxy) is 1. The van der Waals surface area contributed by atoms with E-state index in [1.54, 1.807) is 22.3 Å². The Labute approximate surface area is 183 Å². The van der Waals surface area contributed by atoms with E-state index in [-0.39, 0.29) is 5.91 Å². The van der Waals surface area contributed by atoms with Crippen LogP contribution in [0.2, 0.25) is 5.02 Å². The molecule has 6 nitrogen and oxygen atoms in total. The predicted octanol–water partition coefficient (Wildman–Crippen LogP) is 5.18. The highest BCUT2D eigenvalue weighted by molar-refractivity contribution is 7.09. The molecule has 0 spiro atoms. The van der Waals surface area contributed by atoms with Gasteiger partial charge in [0.1, 0.15) is 28.9 Å². The van der Waals surface area contributed by atoms with E-state index in [1.165, 1.54) is 16.9 Å². The fourth-order valence-electron chi connectivity index (χ4n) is 2.77. The Balaban J connectivity index is 1.37. The average Bonchev–Trinajstić information content (AvgIpc) is 3.39. The molecule has 0 aliphatic heterocycles. The van der Waals surface area contributed by atoms with Gasteiger partial charge in [-0.05, 0) is 36.8 Å². The summed E-state index contributed by atoms with van der Waals surface area (Å²) in [5.41, 5.74) is 2.55. The first-order valence-corrected chi connectivity index (χ1v) is 10.5. The van der Waals surface area contributed by atoms with Gasteiger partial charge in [0, 0.05) is 16.5 Å². The van der Waals surface area contributed by atoms with Crippen molar-refractivity contribution < 1.29 is 9.53 Å². The Bertz CT molecular complexity index is 1140. The van der Waals surface area contributed by atoms with Gasteiger partial charge in [-0.1, -0.05) is 41.4 Å². The average molecular weight is 439 g/mol. The second kappa shape index (κ2) is 9.11. The molecule has 1 amide bonds. The van der Waals surface area contributed by atoms with Crippen molar-refractivity contribution in [3.63, 3.8) is 0 Å². The lowest BCUT2D eigenvalue weighted by molar-refractivity contribution is 0.102. The number of hydrogen-bond donors (Lipinski definition) is 1. The lowest BCUT2D eigenvalue weighted by Crippen LogP contribution is -2.16. The Hall–Kier alpha value is -3.16. The number of benzene rings is 2. The van der Waals surface area contributed by atoms with Crippen LogP contribution < -0.4 is 10.1 Å². The summed E-state index contributed by atoms with van der Waals surface area (Å²) in [6.45, 7) is 2.86. The normalized spacial score (nSPS) is 10.7. The summed E-state index contributed by atoms with van der Waals surface area (Å²) >= 11 is 7.32. The molecule has 0 fully saturated rings. The zero-order valence-corrected chi connectivity index (χ0v) is 17.8. The van der Waals surface area contributed by atoms with E-state index in [2.05, 4.69) is 15.4 Å². The summed E-state index contributed by atoms with van der Waals surface area (Å²) in [7, 11) is 0. The molecule has 0 aliphatic rings. The van der Waals surface area contributed by atoms with Crippen molar-refractivity contribution in [2.75, 3.05) is 5.32 Å². The van der Waals surface area contributed by atoms with Gasteiger partial charge in [0.25, 0.3) is 5.91 Å². The number of halogens is 1. The smallest absolute Gasteiger partial charge is 0.276 e. The summed E-state index contributed by atoms with van der Waals surface area (Å²) in [5, 5.41) is 10.3. The molecule has 1 N–H and O–H groups in total. The molecule has 0 saturated carbocycles. The van der Waals surface area contributed by atoms with Crippen molar-refractivity contribution in [3.05, 3.63) is 93.0 Å². The van der Waals surface area contributed by atoms with Gasteiger partial charge in [-0.25, -0.2) is 9.67 Å². The first-order chi connectivity index (χ1) is 14.6. The Morgan fingerprint density at radius 1 is 1.13 bits per heavy atom. The van der Waals surface area contributed by atoms with Crippen LogP contribution in [-0.2, 0) is 13.2 Å². The Kier molecular flexibility index (Phi) is 6.11. The van der Waals surface area contributed by atoms with Crippen molar-refractivity contribution >= 4 is 34.7 Å². The number of aromatic nitrogens is 3. The molecule has 0 bridgehead atoms. The summed E-state index contributed by atoms with van der Waals surface area (Å²) in [6.07, 6.45) is 1.65. The van der Waals surface area contributed by atoms with Crippen LogP contribution in [0, 0.1) is 6.92 Å². The van der Waals surface area contributed by atoms with E-state index in [1.807, 2.05) is 55.5 Å². The largest absolute Gasteiger partial charge is 0.486 e. The SMILES string of the molecule is Cc1ccc(OCc2nc(C(=O)Nc3ccnn3Cc3ccc(Cl)cc3)cs2)cc1. The zero-order valence-electron chi connectivity index (χ0n) is 16.2. The molecule has 0 saturated heterocycles. The molecule has 8 heteroatoms. The Morgan fingerprint density at radius 3 is 2.67 bits per heavy atom. The topological polar surface area (TPSA) is 69.0 Å². The van der Waals surface area contributed by atoms with E-state index in [4.69, 9.17) is 16.3 Å². The molecule has 0 radical (unpaired) electrons. The third kappa shape index (κ3) is 5.06. The van der Waals surface area contributed by atoms with Gasteiger partial charge in [0.2, 0.25) is 0 Å². The van der Waals surface area contributed by atoms with Crippen LogP contribution in [0.15, 0.2) is 66.2 Å². The van der Waals surface area contributed by atoms with Crippen LogP contribution in [0.25, 0.3) is 0 Å². The van der Waals surface area contributed by atoms with Gasteiger partial charge in [0.05, 0.1) is 12.7 Å². The van der Waals surface area contributed by atoms with Gasteiger partial charge in [0.15, 0.2) is 0 Å². The maximum atomic E-state index is 12.6. The lowest BCUT2D eigenvalue weighted by Gasteiger charge is -2.08. The minimum Gasteiger partial charge on any atom is -0.486 e. The standard InChI is InChI=1S/C22H19ClN4O2S/c1-15-2-8-18(9-3-15)29-13-21-25-19(14-30-21)22(28)26-20-10-11-24-27(20)12-16-4-6-17(23)7-5-16/h2-11,14H,12-13H2,1H3,(H,26,28). The van der Waals surface area contributed by atoms with Gasteiger partial charge in [-0.2, -0.15) is 5.10 Å². The van der Waals surface area contributed by atoms with Crippen LogP contribution in [0.1, 0.15) is 26.6 Å². The van der Waals surface area contributed by atoms with E-state index in [9.17, 15) is 4.79 Å². The highest BCUT2D eigenvalue weighted by Gasteiger charge is 2.14. The zero-order chi connectivity index (χ0) is 20.9. The highest BCUT2D eigenvalue weighted by atomic mass is 35.5. The number of rotatable bonds is 7.